The first kappa shape index (κ1) is 12.2. The van der Waals surface area contributed by atoms with E-state index in [1.807, 2.05) is 12.1 Å². The van der Waals surface area contributed by atoms with E-state index in [0.717, 1.165) is 18.6 Å². The number of methoxy groups -OCH3 is 1. The Kier molecular flexibility index (Phi) is 4.21. The summed E-state index contributed by atoms with van der Waals surface area (Å²) >= 11 is 0. The van der Waals surface area contributed by atoms with E-state index in [2.05, 4.69) is 18.2 Å². The van der Waals surface area contributed by atoms with Gasteiger partial charge in [0.15, 0.2) is 0 Å². The summed E-state index contributed by atoms with van der Waals surface area (Å²) in [5, 5.41) is 0. The van der Waals surface area contributed by atoms with Crippen LogP contribution in [-0.4, -0.2) is 13.2 Å². The van der Waals surface area contributed by atoms with Crippen LogP contribution in [0.4, 0.5) is 0 Å². The standard InChI is InChI=1S/C15H21NO/c1-17-14-9-6-12(7-10-14)8-11-15(16)13-4-2-3-5-13/h4,6-7,9-10,15H,2-3,5,8,11,16H2,1H3. The second-order valence-corrected chi connectivity index (χ2v) is 4.66. The van der Waals surface area contributed by atoms with E-state index >= 15 is 0 Å². The molecular formula is C15H21NO. The Morgan fingerprint density at radius 2 is 2.06 bits per heavy atom. The van der Waals surface area contributed by atoms with Crippen molar-refractivity contribution < 1.29 is 4.74 Å². The molecule has 1 aromatic carbocycles. The van der Waals surface area contributed by atoms with E-state index in [4.69, 9.17) is 10.5 Å². The van der Waals surface area contributed by atoms with Gasteiger partial charge in [-0.15, -0.1) is 0 Å². The Balaban J connectivity index is 1.84. The summed E-state index contributed by atoms with van der Waals surface area (Å²) in [6.45, 7) is 0. The molecule has 0 fully saturated rings. The molecule has 0 spiro atoms. The van der Waals surface area contributed by atoms with Gasteiger partial charge in [-0.2, -0.15) is 0 Å². The number of rotatable bonds is 5. The SMILES string of the molecule is COc1ccc(CCC(N)C2=CCCC2)cc1. The van der Waals surface area contributed by atoms with Gasteiger partial charge < -0.3 is 10.5 Å². The Labute approximate surface area is 103 Å². The van der Waals surface area contributed by atoms with E-state index < -0.39 is 0 Å². The Hall–Kier alpha value is -1.28. The van der Waals surface area contributed by atoms with Crippen LogP contribution in [0.15, 0.2) is 35.9 Å². The van der Waals surface area contributed by atoms with Gasteiger partial charge >= 0.3 is 0 Å². The number of benzene rings is 1. The summed E-state index contributed by atoms with van der Waals surface area (Å²) in [6, 6.07) is 8.51. The molecule has 0 saturated heterocycles. The Morgan fingerprint density at radius 3 is 2.65 bits per heavy atom. The lowest BCUT2D eigenvalue weighted by Crippen LogP contribution is -2.22. The zero-order valence-corrected chi connectivity index (χ0v) is 10.5. The molecule has 1 unspecified atom stereocenters. The van der Waals surface area contributed by atoms with E-state index in [1.54, 1.807) is 7.11 Å². The molecule has 0 amide bonds. The molecule has 0 bridgehead atoms. The molecule has 0 radical (unpaired) electrons. The first-order chi connectivity index (χ1) is 8.29. The summed E-state index contributed by atoms with van der Waals surface area (Å²) in [6.07, 6.45) is 8.10. The van der Waals surface area contributed by atoms with E-state index in [9.17, 15) is 0 Å². The van der Waals surface area contributed by atoms with Crippen molar-refractivity contribution in [1.82, 2.24) is 0 Å². The third kappa shape index (κ3) is 3.34. The van der Waals surface area contributed by atoms with Crippen LogP contribution in [0.1, 0.15) is 31.2 Å². The summed E-state index contributed by atoms with van der Waals surface area (Å²) in [5.74, 6) is 0.913. The zero-order valence-electron chi connectivity index (χ0n) is 10.5. The van der Waals surface area contributed by atoms with Crippen molar-refractivity contribution in [2.75, 3.05) is 7.11 Å². The van der Waals surface area contributed by atoms with Crippen molar-refractivity contribution in [3.05, 3.63) is 41.5 Å². The first-order valence-electron chi connectivity index (χ1n) is 6.37. The Morgan fingerprint density at radius 1 is 1.29 bits per heavy atom. The van der Waals surface area contributed by atoms with Crippen molar-refractivity contribution in [2.45, 2.75) is 38.1 Å². The number of allylic oxidation sites excluding steroid dienone is 1. The predicted molar refractivity (Wildman–Crippen MR) is 71.2 cm³/mol. The third-order valence-electron chi connectivity index (χ3n) is 3.46. The fraction of sp³-hybridized carbons (Fsp3) is 0.467. The van der Waals surface area contributed by atoms with E-state index in [0.29, 0.717) is 0 Å². The van der Waals surface area contributed by atoms with Crippen molar-refractivity contribution in [1.29, 1.82) is 0 Å². The van der Waals surface area contributed by atoms with Gasteiger partial charge in [0.2, 0.25) is 0 Å². The lowest BCUT2D eigenvalue weighted by atomic mass is 9.99. The highest BCUT2D eigenvalue weighted by molar-refractivity contribution is 5.27. The summed E-state index contributed by atoms with van der Waals surface area (Å²) in [4.78, 5) is 0. The monoisotopic (exact) mass is 231 g/mol. The molecule has 0 aliphatic heterocycles. The minimum absolute atomic E-state index is 0.250. The number of nitrogens with two attached hydrogens (primary N) is 1. The maximum Gasteiger partial charge on any atom is 0.118 e. The molecule has 0 aromatic heterocycles. The maximum absolute atomic E-state index is 6.19. The molecule has 92 valence electrons. The number of hydrogen-bond acceptors (Lipinski definition) is 2. The molecule has 2 rings (SSSR count). The minimum atomic E-state index is 0.250. The van der Waals surface area contributed by atoms with Crippen LogP contribution in [0.3, 0.4) is 0 Å². The highest BCUT2D eigenvalue weighted by atomic mass is 16.5. The quantitative estimate of drug-likeness (QED) is 0.790. The molecule has 2 nitrogen and oxygen atoms in total. The summed E-state index contributed by atoms with van der Waals surface area (Å²) in [7, 11) is 1.69. The van der Waals surface area contributed by atoms with Gasteiger partial charge in [0.25, 0.3) is 0 Å². The minimum Gasteiger partial charge on any atom is -0.497 e. The average molecular weight is 231 g/mol. The third-order valence-corrected chi connectivity index (χ3v) is 3.46. The molecule has 2 N–H and O–H groups in total. The fourth-order valence-corrected chi connectivity index (χ4v) is 2.33. The molecule has 2 heteroatoms. The van der Waals surface area contributed by atoms with Gasteiger partial charge in [0.1, 0.15) is 5.75 Å². The van der Waals surface area contributed by atoms with Crippen LogP contribution in [0.25, 0.3) is 0 Å². The average Bonchev–Trinajstić information content (AvgIpc) is 2.90. The van der Waals surface area contributed by atoms with Gasteiger partial charge in [0.05, 0.1) is 7.11 Å². The topological polar surface area (TPSA) is 35.2 Å². The number of aryl methyl sites for hydroxylation is 1. The summed E-state index contributed by atoms with van der Waals surface area (Å²) in [5.41, 5.74) is 8.98. The van der Waals surface area contributed by atoms with Gasteiger partial charge in [-0.3, -0.25) is 0 Å². The molecular weight excluding hydrogens is 210 g/mol. The van der Waals surface area contributed by atoms with Crippen LogP contribution in [0.2, 0.25) is 0 Å². The Bertz CT molecular complexity index is 380. The predicted octanol–water partition coefficient (Wildman–Crippen LogP) is 3.07. The lowest BCUT2D eigenvalue weighted by Gasteiger charge is -2.13. The van der Waals surface area contributed by atoms with Crippen LogP contribution >= 0.6 is 0 Å². The molecule has 1 aliphatic carbocycles. The zero-order chi connectivity index (χ0) is 12.1. The number of hydrogen-bond donors (Lipinski definition) is 1. The second-order valence-electron chi connectivity index (χ2n) is 4.66. The molecule has 17 heavy (non-hydrogen) atoms. The molecule has 1 aliphatic rings. The van der Waals surface area contributed by atoms with Crippen molar-refractivity contribution >= 4 is 0 Å². The first-order valence-corrected chi connectivity index (χ1v) is 6.37. The van der Waals surface area contributed by atoms with Crippen molar-refractivity contribution in [2.24, 2.45) is 5.73 Å². The normalized spacial score (nSPS) is 16.7. The maximum atomic E-state index is 6.19. The largest absolute Gasteiger partial charge is 0.497 e. The lowest BCUT2D eigenvalue weighted by molar-refractivity contribution is 0.414. The smallest absolute Gasteiger partial charge is 0.118 e. The van der Waals surface area contributed by atoms with Crippen LogP contribution in [0, 0.1) is 0 Å². The van der Waals surface area contributed by atoms with Gasteiger partial charge in [-0.05, 0) is 49.8 Å². The molecule has 1 atom stereocenters. The van der Waals surface area contributed by atoms with E-state index in [-0.39, 0.29) is 6.04 Å². The fourth-order valence-electron chi connectivity index (χ4n) is 2.33. The number of ether oxygens (including phenoxy) is 1. The molecule has 0 heterocycles. The highest BCUT2D eigenvalue weighted by Crippen LogP contribution is 2.22. The van der Waals surface area contributed by atoms with Gasteiger partial charge in [-0.1, -0.05) is 23.8 Å². The van der Waals surface area contributed by atoms with Crippen molar-refractivity contribution in [3.63, 3.8) is 0 Å². The molecule has 0 saturated carbocycles. The summed E-state index contributed by atoms with van der Waals surface area (Å²) < 4.78 is 5.14. The van der Waals surface area contributed by atoms with Crippen LogP contribution < -0.4 is 10.5 Å². The second kappa shape index (κ2) is 5.87. The van der Waals surface area contributed by atoms with Gasteiger partial charge in [-0.25, -0.2) is 0 Å². The van der Waals surface area contributed by atoms with Crippen LogP contribution in [0.5, 0.6) is 5.75 Å². The highest BCUT2D eigenvalue weighted by Gasteiger charge is 2.12. The van der Waals surface area contributed by atoms with E-state index in [1.165, 1.54) is 30.4 Å². The van der Waals surface area contributed by atoms with Gasteiger partial charge in [0, 0.05) is 6.04 Å². The molecule has 1 aromatic rings. The van der Waals surface area contributed by atoms with Crippen LogP contribution in [-0.2, 0) is 6.42 Å². The van der Waals surface area contributed by atoms with Crippen molar-refractivity contribution in [3.8, 4) is 5.75 Å².